The molecular weight excluding hydrogens is 292 g/mol. The van der Waals surface area contributed by atoms with Gasteiger partial charge in [-0.05, 0) is 32.3 Å². The summed E-state index contributed by atoms with van der Waals surface area (Å²) < 4.78 is 7.67. The van der Waals surface area contributed by atoms with Gasteiger partial charge < -0.3 is 14.6 Å². The highest BCUT2D eigenvalue weighted by atomic mass is 16.5. The third-order valence-corrected chi connectivity index (χ3v) is 5.17. The monoisotopic (exact) mass is 318 g/mol. The summed E-state index contributed by atoms with van der Waals surface area (Å²) in [5.41, 5.74) is 0.849. The fraction of sp³-hybridized carbons (Fsp3) is 0.667. The van der Waals surface area contributed by atoms with Crippen molar-refractivity contribution in [3.63, 3.8) is 0 Å². The molecular formula is C18H26N2O3. The molecule has 1 aromatic rings. The lowest BCUT2D eigenvalue weighted by atomic mass is 9.82. The first-order valence-electron chi connectivity index (χ1n) is 8.68. The molecule has 3 rings (SSSR count). The number of carbonyl (C=O) groups is 1. The zero-order chi connectivity index (χ0) is 16.3. The van der Waals surface area contributed by atoms with Crippen molar-refractivity contribution >= 4 is 5.91 Å². The first kappa shape index (κ1) is 16.2. The molecule has 23 heavy (non-hydrogen) atoms. The molecule has 1 aliphatic heterocycles. The van der Waals surface area contributed by atoms with E-state index in [1.54, 1.807) is 10.6 Å². The summed E-state index contributed by atoms with van der Waals surface area (Å²) in [4.78, 5) is 24.0. The fourth-order valence-electron chi connectivity index (χ4n) is 3.90. The Labute approximate surface area is 137 Å². The Bertz CT molecular complexity index is 617. The summed E-state index contributed by atoms with van der Waals surface area (Å²) in [5.74, 6) is 0.00149. The van der Waals surface area contributed by atoms with Crippen molar-refractivity contribution < 1.29 is 9.53 Å². The normalized spacial score (nSPS) is 23.1. The van der Waals surface area contributed by atoms with Crippen LogP contribution in [0.1, 0.15) is 50.6 Å². The lowest BCUT2D eigenvalue weighted by molar-refractivity contribution is -0.122. The minimum absolute atomic E-state index is 0.00149. The van der Waals surface area contributed by atoms with E-state index in [1.165, 1.54) is 25.3 Å². The van der Waals surface area contributed by atoms with E-state index >= 15 is 0 Å². The number of nitrogens with one attached hydrogen (secondary N) is 1. The molecule has 5 nitrogen and oxygen atoms in total. The maximum Gasteiger partial charge on any atom is 0.250 e. The lowest BCUT2D eigenvalue weighted by Crippen LogP contribution is -2.38. The van der Waals surface area contributed by atoms with Crippen molar-refractivity contribution in [3.05, 3.63) is 34.2 Å². The van der Waals surface area contributed by atoms with E-state index in [-0.39, 0.29) is 23.1 Å². The highest BCUT2D eigenvalue weighted by Gasteiger charge is 2.41. The first-order chi connectivity index (χ1) is 11.1. The fourth-order valence-corrected chi connectivity index (χ4v) is 3.90. The van der Waals surface area contributed by atoms with Gasteiger partial charge in [0.25, 0.3) is 5.56 Å². The molecule has 1 N–H and O–H groups in total. The van der Waals surface area contributed by atoms with E-state index < -0.39 is 0 Å². The van der Waals surface area contributed by atoms with Gasteiger partial charge in [-0.2, -0.15) is 0 Å². The number of aryl methyl sites for hydroxylation is 1. The molecule has 1 saturated heterocycles. The number of amides is 1. The van der Waals surface area contributed by atoms with Gasteiger partial charge in [0.05, 0.1) is 18.2 Å². The Morgan fingerprint density at radius 2 is 2.13 bits per heavy atom. The average Bonchev–Trinajstić information content (AvgIpc) is 2.89. The molecule has 5 heteroatoms. The average molecular weight is 318 g/mol. The van der Waals surface area contributed by atoms with Crippen LogP contribution in [0, 0.1) is 6.92 Å². The molecule has 1 atom stereocenters. The van der Waals surface area contributed by atoms with Gasteiger partial charge in [0, 0.05) is 24.7 Å². The standard InChI is InChI=1S/C18H26N2O3/c1-14-6-5-7-17(22)20(14)11-8-16(21)19-15-12-18(23-13-15)9-3-2-4-10-18/h5-7,15H,2-4,8-13H2,1H3,(H,19,21)/t15-/m1/s1. The van der Waals surface area contributed by atoms with Crippen LogP contribution in [-0.2, 0) is 16.1 Å². The molecule has 0 unspecified atom stereocenters. The van der Waals surface area contributed by atoms with Crippen LogP contribution < -0.4 is 10.9 Å². The summed E-state index contributed by atoms with van der Waals surface area (Å²) >= 11 is 0. The molecule has 0 radical (unpaired) electrons. The summed E-state index contributed by atoms with van der Waals surface area (Å²) in [6.07, 6.45) is 7.27. The van der Waals surface area contributed by atoms with Crippen molar-refractivity contribution in [3.8, 4) is 0 Å². The predicted octanol–water partition coefficient (Wildman–Crippen LogP) is 2.15. The van der Waals surface area contributed by atoms with Crippen LogP contribution in [0.15, 0.2) is 23.0 Å². The largest absolute Gasteiger partial charge is 0.373 e. The van der Waals surface area contributed by atoms with Crippen molar-refractivity contribution in [2.45, 2.75) is 70.1 Å². The van der Waals surface area contributed by atoms with Gasteiger partial charge in [-0.25, -0.2) is 0 Å². The highest BCUT2D eigenvalue weighted by molar-refractivity contribution is 5.76. The predicted molar refractivity (Wildman–Crippen MR) is 88.4 cm³/mol. The maximum absolute atomic E-state index is 12.2. The van der Waals surface area contributed by atoms with Crippen molar-refractivity contribution in [1.82, 2.24) is 9.88 Å². The van der Waals surface area contributed by atoms with Gasteiger partial charge in [0.2, 0.25) is 5.91 Å². The second-order valence-electron chi connectivity index (χ2n) is 6.93. The third-order valence-electron chi connectivity index (χ3n) is 5.17. The van der Waals surface area contributed by atoms with Gasteiger partial charge in [0.1, 0.15) is 0 Å². The summed E-state index contributed by atoms with van der Waals surface area (Å²) in [5, 5.41) is 3.08. The topological polar surface area (TPSA) is 60.3 Å². The van der Waals surface area contributed by atoms with E-state index in [2.05, 4.69) is 5.32 Å². The Hall–Kier alpha value is -1.62. The van der Waals surface area contributed by atoms with Crippen LogP contribution in [0.2, 0.25) is 0 Å². The smallest absolute Gasteiger partial charge is 0.250 e. The summed E-state index contributed by atoms with van der Waals surface area (Å²) in [6, 6.07) is 5.28. The summed E-state index contributed by atoms with van der Waals surface area (Å²) in [7, 11) is 0. The Morgan fingerprint density at radius 1 is 1.35 bits per heavy atom. The summed E-state index contributed by atoms with van der Waals surface area (Å²) in [6.45, 7) is 2.93. The minimum atomic E-state index is -0.0526. The van der Waals surface area contributed by atoms with Crippen LogP contribution in [0.4, 0.5) is 0 Å². The van der Waals surface area contributed by atoms with Crippen LogP contribution in [-0.4, -0.2) is 28.7 Å². The second-order valence-corrected chi connectivity index (χ2v) is 6.93. The van der Waals surface area contributed by atoms with Crippen LogP contribution >= 0.6 is 0 Å². The molecule has 1 amide bonds. The molecule has 2 aliphatic rings. The van der Waals surface area contributed by atoms with E-state index in [9.17, 15) is 9.59 Å². The zero-order valence-electron chi connectivity index (χ0n) is 13.8. The molecule has 2 heterocycles. The SMILES string of the molecule is Cc1cccc(=O)n1CCC(=O)N[C@H]1COC2(CCCCC2)C1. The lowest BCUT2D eigenvalue weighted by Gasteiger charge is -2.32. The molecule has 1 aliphatic carbocycles. The quantitative estimate of drug-likeness (QED) is 0.925. The van der Waals surface area contributed by atoms with E-state index in [1.807, 2.05) is 13.0 Å². The van der Waals surface area contributed by atoms with Crippen molar-refractivity contribution in [2.75, 3.05) is 6.61 Å². The number of hydrogen-bond acceptors (Lipinski definition) is 3. The maximum atomic E-state index is 12.2. The van der Waals surface area contributed by atoms with E-state index in [4.69, 9.17) is 4.74 Å². The molecule has 0 aromatic carbocycles. The number of ether oxygens (including phenoxy) is 1. The van der Waals surface area contributed by atoms with E-state index in [0.29, 0.717) is 19.6 Å². The molecule has 1 aromatic heterocycles. The molecule has 126 valence electrons. The molecule has 1 saturated carbocycles. The Balaban J connectivity index is 1.49. The van der Waals surface area contributed by atoms with Crippen LogP contribution in [0.3, 0.4) is 0 Å². The Morgan fingerprint density at radius 3 is 2.87 bits per heavy atom. The van der Waals surface area contributed by atoms with Gasteiger partial charge >= 0.3 is 0 Å². The second kappa shape index (κ2) is 6.87. The highest BCUT2D eigenvalue weighted by Crippen LogP contribution is 2.39. The number of pyridine rings is 1. The first-order valence-corrected chi connectivity index (χ1v) is 8.68. The van der Waals surface area contributed by atoms with Crippen molar-refractivity contribution in [1.29, 1.82) is 0 Å². The van der Waals surface area contributed by atoms with E-state index in [0.717, 1.165) is 25.0 Å². The van der Waals surface area contributed by atoms with Gasteiger partial charge in [-0.1, -0.05) is 25.3 Å². The number of rotatable bonds is 4. The number of aromatic nitrogens is 1. The van der Waals surface area contributed by atoms with Crippen LogP contribution in [0.25, 0.3) is 0 Å². The van der Waals surface area contributed by atoms with Gasteiger partial charge in [-0.3, -0.25) is 9.59 Å². The number of hydrogen-bond donors (Lipinski definition) is 1. The van der Waals surface area contributed by atoms with Gasteiger partial charge in [0.15, 0.2) is 0 Å². The van der Waals surface area contributed by atoms with Gasteiger partial charge in [-0.15, -0.1) is 0 Å². The number of carbonyl (C=O) groups excluding carboxylic acids is 1. The zero-order valence-corrected chi connectivity index (χ0v) is 13.8. The third kappa shape index (κ3) is 3.83. The number of nitrogens with zero attached hydrogens (tertiary/aromatic N) is 1. The van der Waals surface area contributed by atoms with Crippen LogP contribution in [0.5, 0.6) is 0 Å². The molecule has 0 bridgehead atoms. The molecule has 1 spiro atoms. The molecule has 2 fully saturated rings. The Kier molecular flexibility index (Phi) is 4.85. The van der Waals surface area contributed by atoms with Crippen molar-refractivity contribution in [2.24, 2.45) is 0 Å². The minimum Gasteiger partial charge on any atom is -0.373 e.